The number of rotatable bonds is 23. The lowest BCUT2D eigenvalue weighted by Gasteiger charge is -2.15. The third kappa shape index (κ3) is 23.7. The van der Waals surface area contributed by atoms with Crippen LogP contribution >= 0.6 is 0 Å². The van der Waals surface area contributed by atoms with Crippen molar-refractivity contribution in [2.45, 2.75) is 129 Å². The summed E-state index contributed by atoms with van der Waals surface area (Å²) < 4.78 is 0. The molecule has 0 amide bonds. The fourth-order valence-corrected chi connectivity index (χ4v) is 3.81. The quantitative estimate of drug-likeness (QED) is 0.141. The van der Waals surface area contributed by atoms with Gasteiger partial charge in [-0.2, -0.15) is 0 Å². The van der Waals surface area contributed by atoms with E-state index in [1.807, 2.05) is 0 Å². The Labute approximate surface area is 178 Å². The third-order valence-electron chi connectivity index (χ3n) is 5.80. The average molecular weight is 395 g/mol. The lowest BCUT2D eigenvalue weighted by molar-refractivity contribution is 0.321. The maximum Gasteiger partial charge on any atom is -0.000977 e. The Morgan fingerprint density at radius 3 is 1.39 bits per heavy atom. The molecule has 0 aromatic carbocycles. The zero-order valence-electron chi connectivity index (χ0n) is 19.7. The van der Waals surface area contributed by atoms with Gasteiger partial charge in [0.1, 0.15) is 0 Å². The Morgan fingerprint density at radius 2 is 0.929 bits per heavy atom. The molecule has 0 radical (unpaired) electrons. The van der Waals surface area contributed by atoms with Gasteiger partial charge in [0.2, 0.25) is 0 Å². The largest absolute Gasteiger partial charge is 0.330 e. The summed E-state index contributed by atoms with van der Waals surface area (Å²) >= 11 is 0. The summed E-state index contributed by atoms with van der Waals surface area (Å²) in [5.41, 5.74) is 5.55. The van der Waals surface area contributed by atoms with Crippen molar-refractivity contribution >= 4 is 0 Å². The van der Waals surface area contributed by atoms with Gasteiger partial charge in [0.25, 0.3) is 0 Å². The van der Waals surface area contributed by atoms with Crippen molar-refractivity contribution in [2.75, 3.05) is 26.7 Å². The molecule has 0 rings (SSSR count). The summed E-state index contributed by atoms with van der Waals surface area (Å²) in [6.07, 6.45) is 31.3. The third-order valence-corrected chi connectivity index (χ3v) is 5.80. The average Bonchev–Trinajstić information content (AvgIpc) is 2.70. The number of unbranched alkanes of at least 4 members (excludes halogenated alkanes) is 16. The van der Waals surface area contributed by atoms with Crippen LogP contribution in [-0.2, 0) is 0 Å². The molecule has 0 atom stereocenters. The molecular formula is C26H54N2. The van der Waals surface area contributed by atoms with Crippen molar-refractivity contribution in [1.29, 1.82) is 0 Å². The van der Waals surface area contributed by atoms with Crippen molar-refractivity contribution in [3.63, 3.8) is 0 Å². The van der Waals surface area contributed by atoms with Crippen LogP contribution in [0.3, 0.4) is 0 Å². The second-order valence-electron chi connectivity index (χ2n) is 8.80. The van der Waals surface area contributed by atoms with Crippen LogP contribution in [0.1, 0.15) is 129 Å². The highest BCUT2D eigenvalue weighted by Gasteiger charge is 1.97. The summed E-state index contributed by atoms with van der Waals surface area (Å²) in [6.45, 7) is 5.51. The molecule has 0 bridgehead atoms. The van der Waals surface area contributed by atoms with Gasteiger partial charge < -0.3 is 10.6 Å². The van der Waals surface area contributed by atoms with E-state index in [0.29, 0.717) is 0 Å². The first-order valence-corrected chi connectivity index (χ1v) is 12.8. The van der Waals surface area contributed by atoms with Crippen LogP contribution in [0.25, 0.3) is 0 Å². The number of hydrogen-bond acceptors (Lipinski definition) is 2. The Balaban J connectivity index is 3.11. The minimum absolute atomic E-state index is 0.820. The number of allylic oxidation sites excluding steroid dienone is 2. The second kappa shape index (κ2) is 24.7. The van der Waals surface area contributed by atoms with E-state index in [9.17, 15) is 0 Å². The van der Waals surface area contributed by atoms with Crippen molar-refractivity contribution in [1.82, 2.24) is 4.90 Å². The Bertz CT molecular complexity index is 301. The molecule has 0 aliphatic rings. The molecule has 0 saturated carbocycles. The minimum atomic E-state index is 0.820. The van der Waals surface area contributed by atoms with Gasteiger partial charge in [-0.05, 0) is 65.2 Å². The molecule has 0 fully saturated rings. The molecule has 0 aliphatic heterocycles. The number of nitrogens with two attached hydrogens (primary N) is 1. The van der Waals surface area contributed by atoms with E-state index in [1.54, 1.807) is 0 Å². The Morgan fingerprint density at radius 1 is 0.536 bits per heavy atom. The highest BCUT2D eigenvalue weighted by molar-refractivity contribution is 4.81. The number of hydrogen-bond donors (Lipinski definition) is 1. The van der Waals surface area contributed by atoms with E-state index < -0.39 is 0 Å². The van der Waals surface area contributed by atoms with Crippen LogP contribution in [0.15, 0.2) is 12.2 Å². The van der Waals surface area contributed by atoms with E-state index in [-0.39, 0.29) is 0 Å². The summed E-state index contributed by atoms with van der Waals surface area (Å²) in [6, 6.07) is 0. The van der Waals surface area contributed by atoms with Crippen LogP contribution < -0.4 is 5.73 Å². The van der Waals surface area contributed by atoms with Gasteiger partial charge >= 0.3 is 0 Å². The van der Waals surface area contributed by atoms with Crippen molar-refractivity contribution in [2.24, 2.45) is 5.73 Å². The molecule has 2 heteroatoms. The molecular weight excluding hydrogens is 340 g/mol. The first-order chi connectivity index (χ1) is 13.8. The summed E-state index contributed by atoms with van der Waals surface area (Å²) in [5.74, 6) is 0. The molecule has 2 nitrogen and oxygen atoms in total. The molecule has 0 spiro atoms. The van der Waals surface area contributed by atoms with Gasteiger partial charge in [-0.3, -0.25) is 0 Å². The van der Waals surface area contributed by atoms with Crippen molar-refractivity contribution in [3.05, 3.63) is 12.2 Å². The summed E-state index contributed by atoms with van der Waals surface area (Å²) in [7, 11) is 2.22. The van der Waals surface area contributed by atoms with Gasteiger partial charge in [0.05, 0.1) is 0 Å². The molecule has 0 heterocycles. The van der Waals surface area contributed by atoms with Gasteiger partial charge in [-0.1, -0.05) is 103 Å². The fourth-order valence-electron chi connectivity index (χ4n) is 3.81. The monoisotopic (exact) mass is 394 g/mol. The highest BCUT2D eigenvalue weighted by atomic mass is 15.1. The van der Waals surface area contributed by atoms with Gasteiger partial charge in [-0.25, -0.2) is 0 Å². The van der Waals surface area contributed by atoms with E-state index >= 15 is 0 Å². The molecule has 168 valence electrons. The van der Waals surface area contributed by atoms with Crippen LogP contribution in [0, 0.1) is 0 Å². The minimum Gasteiger partial charge on any atom is -0.330 e. The first-order valence-electron chi connectivity index (χ1n) is 12.8. The first kappa shape index (κ1) is 27.7. The Kier molecular flexibility index (Phi) is 24.4. The summed E-state index contributed by atoms with van der Waals surface area (Å²) in [4.78, 5) is 2.43. The van der Waals surface area contributed by atoms with E-state index in [0.717, 1.165) is 19.5 Å². The van der Waals surface area contributed by atoms with E-state index in [1.165, 1.54) is 122 Å². The predicted octanol–water partition coefficient (Wildman–Crippen LogP) is 7.86. The van der Waals surface area contributed by atoms with Gasteiger partial charge in [-0.15, -0.1) is 0 Å². The van der Waals surface area contributed by atoms with Crippen LogP contribution in [0.4, 0.5) is 0 Å². The molecule has 2 N–H and O–H groups in total. The van der Waals surface area contributed by atoms with Crippen LogP contribution in [0.2, 0.25) is 0 Å². The predicted molar refractivity (Wildman–Crippen MR) is 129 cm³/mol. The normalized spacial score (nSPS) is 11.9. The van der Waals surface area contributed by atoms with Gasteiger partial charge in [0, 0.05) is 0 Å². The van der Waals surface area contributed by atoms with E-state index in [4.69, 9.17) is 5.73 Å². The second-order valence-corrected chi connectivity index (χ2v) is 8.80. The summed E-state index contributed by atoms with van der Waals surface area (Å²) in [5, 5.41) is 0. The maximum absolute atomic E-state index is 5.55. The molecule has 0 saturated heterocycles. The smallest absolute Gasteiger partial charge is 0.000977 e. The van der Waals surface area contributed by atoms with Crippen molar-refractivity contribution in [3.8, 4) is 0 Å². The topological polar surface area (TPSA) is 29.3 Å². The van der Waals surface area contributed by atoms with Crippen molar-refractivity contribution < 1.29 is 0 Å². The lowest BCUT2D eigenvalue weighted by Crippen LogP contribution is -2.22. The molecule has 0 aromatic rings. The number of nitrogens with zero attached hydrogens (tertiary/aromatic N) is 1. The zero-order valence-corrected chi connectivity index (χ0v) is 19.7. The lowest BCUT2D eigenvalue weighted by atomic mass is 10.1. The Hall–Kier alpha value is -0.340. The standard InChI is InChI=1S/C26H54N2/c1-3-4-5-6-7-8-9-10-11-12-13-14-15-16-17-18-19-20-21-22-25-28(2)26-23-24-27/h10-11H,3-9,12-27H2,1-2H3. The molecule has 0 unspecified atom stereocenters. The highest BCUT2D eigenvalue weighted by Crippen LogP contribution is 2.12. The van der Waals surface area contributed by atoms with Crippen LogP contribution in [0.5, 0.6) is 0 Å². The SMILES string of the molecule is CCCCCCCCC=CCCCCCCCCCCCCN(C)CCCN. The fraction of sp³-hybridized carbons (Fsp3) is 0.923. The molecule has 0 aromatic heterocycles. The zero-order chi connectivity index (χ0) is 20.5. The molecule has 28 heavy (non-hydrogen) atoms. The van der Waals surface area contributed by atoms with E-state index in [2.05, 4.69) is 31.0 Å². The maximum atomic E-state index is 5.55. The molecule has 0 aliphatic carbocycles. The van der Waals surface area contributed by atoms with Gasteiger partial charge in [0.15, 0.2) is 0 Å². The van der Waals surface area contributed by atoms with Crippen LogP contribution in [-0.4, -0.2) is 31.6 Å².